The van der Waals surface area contributed by atoms with Crippen LogP contribution >= 0.6 is 0 Å². The number of para-hydroxylation sites is 1. The van der Waals surface area contributed by atoms with E-state index in [0.29, 0.717) is 13.2 Å². The second-order valence-corrected chi connectivity index (χ2v) is 4.94. The van der Waals surface area contributed by atoms with Gasteiger partial charge in [0.05, 0.1) is 12.7 Å². The molecule has 1 saturated carbocycles. The molecule has 1 aliphatic rings. The lowest BCUT2D eigenvalue weighted by atomic mass is 9.94. The number of methoxy groups -OCH3 is 1. The first-order chi connectivity index (χ1) is 8.17. The monoisotopic (exact) mass is 236 g/mol. The smallest absolute Gasteiger partial charge is 0.125 e. The molecule has 1 aromatic carbocycles. The number of ether oxygens (including phenoxy) is 2. The van der Waals surface area contributed by atoms with Crippen molar-refractivity contribution in [2.45, 2.75) is 25.9 Å². The second-order valence-electron chi connectivity index (χ2n) is 4.94. The Hall–Kier alpha value is -1.06. The van der Waals surface area contributed by atoms with Crippen molar-refractivity contribution in [1.29, 1.82) is 0 Å². The molecule has 1 aromatic rings. The van der Waals surface area contributed by atoms with E-state index in [2.05, 4.69) is 6.92 Å². The summed E-state index contributed by atoms with van der Waals surface area (Å²) in [6.07, 6.45) is 1.74. The number of hydrogen-bond acceptors (Lipinski definition) is 3. The van der Waals surface area contributed by atoms with Crippen molar-refractivity contribution in [2.75, 3.05) is 20.3 Å². The maximum atomic E-state index is 10.3. The normalized spacial score (nSPS) is 18.8. The summed E-state index contributed by atoms with van der Waals surface area (Å²) in [5, 5.41) is 10.3. The summed E-state index contributed by atoms with van der Waals surface area (Å²) in [4.78, 5) is 0. The molecular weight excluding hydrogens is 216 g/mol. The van der Waals surface area contributed by atoms with Gasteiger partial charge >= 0.3 is 0 Å². The van der Waals surface area contributed by atoms with Crippen LogP contribution in [0.2, 0.25) is 0 Å². The SMILES string of the molecule is COCCOc1ccccc1C(O)C1(C)CC1. The third-order valence-corrected chi connectivity index (χ3v) is 3.46. The van der Waals surface area contributed by atoms with Crippen LogP contribution in [-0.2, 0) is 4.74 Å². The summed E-state index contributed by atoms with van der Waals surface area (Å²) >= 11 is 0. The summed E-state index contributed by atoms with van der Waals surface area (Å²) in [5.41, 5.74) is 0.935. The van der Waals surface area contributed by atoms with Crippen LogP contribution in [0.3, 0.4) is 0 Å². The van der Waals surface area contributed by atoms with Gasteiger partial charge in [0.25, 0.3) is 0 Å². The molecule has 0 bridgehead atoms. The molecule has 94 valence electrons. The summed E-state index contributed by atoms with van der Waals surface area (Å²) in [6, 6.07) is 7.71. The van der Waals surface area contributed by atoms with Crippen LogP contribution in [0, 0.1) is 5.41 Å². The molecule has 0 aliphatic heterocycles. The zero-order valence-electron chi connectivity index (χ0n) is 10.5. The van der Waals surface area contributed by atoms with Crippen LogP contribution in [0.4, 0.5) is 0 Å². The van der Waals surface area contributed by atoms with Crippen LogP contribution in [0.1, 0.15) is 31.4 Å². The molecule has 0 spiro atoms. The van der Waals surface area contributed by atoms with Crippen molar-refractivity contribution in [2.24, 2.45) is 5.41 Å². The van der Waals surface area contributed by atoms with Gasteiger partial charge in [0.1, 0.15) is 12.4 Å². The highest BCUT2D eigenvalue weighted by atomic mass is 16.5. The molecule has 1 unspecified atom stereocenters. The van der Waals surface area contributed by atoms with Gasteiger partial charge in [-0.05, 0) is 24.3 Å². The van der Waals surface area contributed by atoms with Crippen LogP contribution in [0.5, 0.6) is 5.75 Å². The molecule has 0 aromatic heterocycles. The van der Waals surface area contributed by atoms with Gasteiger partial charge in [-0.1, -0.05) is 25.1 Å². The van der Waals surface area contributed by atoms with Gasteiger partial charge in [-0.2, -0.15) is 0 Å². The minimum Gasteiger partial charge on any atom is -0.491 e. The van der Waals surface area contributed by atoms with E-state index in [9.17, 15) is 5.11 Å². The van der Waals surface area contributed by atoms with Gasteiger partial charge in [-0.25, -0.2) is 0 Å². The quantitative estimate of drug-likeness (QED) is 0.771. The Kier molecular flexibility index (Phi) is 3.69. The van der Waals surface area contributed by atoms with E-state index in [1.807, 2.05) is 24.3 Å². The van der Waals surface area contributed by atoms with Gasteiger partial charge in [0, 0.05) is 12.7 Å². The van der Waals surface area contributed by atoms with Crippen molar-refractivity contribution >= 4 is 0 Å². The lowest BCUT2D eigenvalue weighted by Crippen LogP contribution is -2.13. The Labute approximate surface area is 102 Å². The van der Waals surface area contributed by atoms with E-state index in [0.717, 1.165) is 24.2 Å². The first-order valence-electron chi connectivity index (χ1n) is 6.06. The Morgan fingerprint density at radius 3 is 2.65 bits per heavy atom. The minimum atomic E-state index is -0.429. The molecule has 1 fully saturated rings. The molecule has 3 heteroatoms. The summed E-state index contributed by atoms with van der Waals surface area (Å²) in [6.45, 7) is 3.18. The molecule has 0 heterocycles. The highest BCUT2D eigenvalue weighted by molar-refractivity contribution is 5.36. The highest BCUT2D eigenvalue weighted by Crippen LogP contribution is 2.55. The molecule has 17 heavy (non-hydrogen) atoms. The average Bonchev–Trinajstić information content (AvgIpc) is 3.09. The van der Waals surface area contributed by atoms with Crippen LogP contribution in [0.25, 0.3) is 0 Å². The Morgan fingerprint density at radius 1 is 1.29 bits per heavy atom. The van der Waals surface area contributed by atoms with E-state index < -0.39 is 6.10 Å². The van der Waals surface area contributed by atoms with Gasteiger partial charge < -0.3 is 14.6 Å². The van der Waals surface area contributed by atoms with Crippen LogP contribution in [0.15, 0.2) is 24.3 Å². The van der Waals surface area contributed by atoms with Crippen LogP contribution in [-0.4, -0.2) is 25.4 Å². The summed E-state index contributed by atoms with van der Waals surface area (Å²) in [5.74, 6) is 0.769. The van der Waals surface area contributed by atoms with E-state index in [1.54, 1.807) is 7.11 Å². The zero-order valence-corrected chi connectivity index (χ0v) is 10.5. The van der Waals surface area contributed by atoms with E-state index >= 15 is 0 Å². The molecule has 2 rings (SSSR count). The van der Waals surface area contributed by atoms with E-state index in [-0.39, 0.29) is 5.41 Å². The Bertz CT molecular complexity index is 371. The van der Waals surface area contributed by atoms with Crippen molar-refractivity contribution in [3.8, 4) is 5.75 Å². The standard InChI is InChI=1S/C14H20O3/c1-14(7-8-14)13(15)11-5-3-4-6-12(11)17-10-9-16-2/h3-6,13,15H,7-10H2,1-2H3. The van der Waals surface area contributed by atoms with Crippen molar-refractivity contribution in [3.05, 3.63) is 29.8 Å². The average molecular weight is 236 g/mol. The molecule has 0 radical (unpaired) electrons. The third-order valence-electron chi connectivity index (χ3n) is 3.46. The predicted molar refractivity (Wildman–Crippen MR) is 66.1 cm³/mol. The fourth-order valence-electron chi connectivity index (χ4n) is 1.92. The maximum Gasteiger partial charge on any atom is 0.125 e. The number of hydrogen-bond donors (Lipinski definition) is 1. The molecule has 0 saturated heterocycles. The van der Waals surface area contributed by atoms with E-state index in [1.165, 1.54) is 0 Å². The molecule has 1 aliphatic carbocycles. The maximum absolute atomic E-state index is 10.3. The van der Waals surface area contributed by atoms with Crippen molar-refractivity contribution in [3.63, 3.8) is 0 Å². The number of rotatable bonds is 6. The summed E-state index contributed by atoms with van der Waals surface area (Å²) in [7, 11) is 1.65. The number of benzene rings is 1. The zero-order chi connectivity index (χ0) is 12.3. The van der Waals surface area contributed by atoms with Gasteiger partial charge in [-0.15, -0.1) is 0 Å². The minimum absolute atomic E-state index is 0.0424. The number of aliphatic hydroxyl groups is 1. The first-order valence-corrected chi connectivity index (χ1v) is 6.06. The largest absolute Gasteiger partial charge is 0.491 e. The molecule has 0 amide bonds. The first kappa shape index (κ1) is 12.4. The molecular formula is C14H20O3. The summed E-state index contributed by atoms with van der Waals surface area (Å²) < 4.78 is 10.6. The fraction of sp³-hybridized carbons (Fsp3) is 0.571. The predicted octanol–water partition coefficient (Wildman–Crippen LogP) is 2.55. The second kappa shape index (κ2) is 5.07. The fourth-order valence-corrected chi connectivity index (χ4v) is 1.92. The van der Waals surface area contributed by atoms with Crippen molar-refractivity contribution in [1.82, 2.24) is 0 Å². The Balaban J connectivity index is 2.10. The Morgan fingerprint density at radius 2 is 2.00 bits per heavy atom. The van der Waals surface area contributed by atoms with Crippen molar-refractivity contribution < 1.29 is 14.6 Å². The van der Waals surface area contributed by atoms with Crippen LogP contribution < -0.4 is 4.74 Å². The highest BCUT2D eigenvalue weighted by Gasteiger charge is 2.45. The van der Waals surface area contributed by atoms with Gasteiger partial charge in [0.2, 0.25) is 0 Å². The topological polar surface area (TPSA) is 38.7 Å². The molecule has 3 nitrogen and oxygen atoms in total. The van der Waals surface area contributed by atoms with Gasteiger partial charge in [0.15, 0.2) is 0 Å². The lowest BCUT2D eigenvalue weighted by Gasteiger charge is -2.21. The van der Waals surface area contributed by atoms with Gasteiger partial charge in [-0.3, -0.25) is 0 Å². The molecule has 1 atom stereocenters. The van der Waals surface area contributed by atoms with E-state index in [4.69, 9.17) is 9.47 Å². The molecule has 1 N–H and O–H groups in total. The lowest BCUT2D eigenvalue weighted by molar-refractivity contribution is 0.0964. The number of aliphatic hydroxyl groups excluding tert-OH is 1. The third kappa shape index (κ3) is 2.79.